The van der Waals surface area contributed by atoms with Crippen molar-refractivity contribution in [2.24, 2.45) is 0 Å². The Bertz CT molecular complexity index is 444. The van der Waals surface area contributed by atoms with E-state index in [0.29, 0.717) is 16.2 Å². The number of hydrogen-bond donors (Lipinski definition) is 0. The van der Waals surface area contributed by atoms with Crippen LogP contribution in [-0.2, 0) is 6.42 Å². The van der Waals surface area contributed by atoms with Gasteiger partial charge in [-0.3, -0.25) is 0 Å². The molecule has 72 valence electrons. The summed E-state index contributed by atoms with van der Waals surface area (Å²) in [6.45, 7) is 0. The zero-order valence-electron chi connectivity index (χ0n) is 7.08. The smallest absolute Gasteiger partial charge is 0.278 e. The van der Waals surface area contributed by atoms with E-state index in [0.717, 1.165) is 10.6 Å². The van der Waals surface area contributed by atoms with Crippen LogP contribution in [0.5, 0.6) is 0 Å². The topological polar surface area (TPSA) is 38.9 Å². The Kier molecular flexibility index (Phi) is 3.02. The van der Waals surface area contributed by atoms with Crippen molar-refractivity contribution in [3.8, 4) is 0 Å². The lowest BCUT2D eigenvalue weighted by Gasteiger charge is -1.98. The van der Waals surface area contributed by atoms with E-state index in [4.69, 9.17) is 16.0 Å². The van der Waals surface area contributed by atoms with E-state index in [-0.39, 0.29) is 0 Å². The molecule has 0 atom stereocenters. The maximum atomic E-state index is 5.99. The van der Waals surface area contributed by atoms with Gasteiger partial charge in [0, 0.05) is 27.6 Å². The first-order valence-electron chi connectivity index (χ1n) is 3.97. The molecule has 5 heteroatoms. The summed E-state index contributed by atoms with van der Waals surface area (Å²) in [6.07, 6.45) is 0.579. The standard InChI is InChI=1S/C9H6ClIN2O/c10-7-4-2-1-3-6(7)5-8-12-13-9(11)14-8/h1-4H,5H2. The first-order chi connectivity index (χ1) is 6.75. The fourth-order valence-corrected chi connectivity index (χ4v) is 1.67. The number of halogens is 2. The molecule has 0 N–H and O–H groups in total. The van der Waals surface area contributed by atoms with Gasteiger partial charge in [-0.2, -0.15) is 0 Å². The van der Waals surface area contributed by atoms with Crippen LogP contribution in [0.1, 0.15) is 11.5 Å². The van der Waals surface area contributed by atoms with E-state index < -0.39 is 0 Å². The summed E-state index contributed by atoms with van der Waals surface area (Å²) in [4.78, 5) is 0. The predicted molar refractivity (Wildman–Crippen MR) is 61.3 cm³/mol. The molecule has 0 radical (unpaired) electrons. The predicted octanol–water partition coefficient (Wildman–Crippen LogP) is 2.92. The van der Waals surface area contributed by atoms with Crippen LogP contribution in [0.15, 0.2) is 28.7 Å². The lowest BCUT2D eigenvalue weighted by molar-refractivity contribution is 0.479. The first kappa shape index (κ1) is 9.92. The van der Waals surface area contributed by atoms with Gasteiger partial charge >= 0.3 is 0 Å². The molecule has 1 aromatic carbocycles. The fourth-order valence-electron chi connectivity index (χ4n) is 1.11. The molecule has 2 aromatic rings. The van der Waals surface area contributed by atoms with Gasteiger partial charge in [-0.1, -0.05) is 29.8 Å². The van der Waals surface area contributed by atoms with Crippen LogP contribution in [0.3, 0.4) is 0 Å². The molecule has 1 heterocycles. The Hall–Kier alpha value is -0.620. The quantitative estimate of drug-likeness (QED) is 0.799. The average molecular weight is 321 g/mol. The summed E-state index contributed by atoms with van der Waals surface area (Å²) in [7, 11) is 0. The maximum absolute atomic E-state index is 5.99. The highest BCUT2D eigenvalue weighted by Crippen LogP contribution is 2.18. The number of hydrogen-bond acceptors (Lipinski definition) is 3. The van der Waals surface area contributed by atoms with Crippen molar-refractivity contribution in [2.45, 2.75) is 6.42 Å². The molecule has 14 heavy (non-hydrogen) atoms. The summed E-state index contributed by atoms with van der Waals surface area (Å²) in [5, 5.41) is 8.36. The third kappa shape index (κ3) is 2.24. The summed E-state index contributed by atoms with van der Waals surface area (Å²) < 4.78 is 5.79. The van der Waals surface area contributed by atoms with Crippen LogP contribution in [0, 0.1) is 3.90 Å². The minimum Gasteiger partial charge on any atom is -0.416 e. The molecule has 0 unspecified atom stereocenters. The van der Waals surface area contributed by atoms with Crippen LogP contribution in [0.2, 0.25) is 5.02 Å². The lowest BCUT2D eigenvalue weighted by atomic mass is 10.1. The fraction of sp³-hybridized carbons (Fsp3) is 0.111. The van der Waals surface area contributed by atoms with E-state index >= 15 is 0 Å². The van der Waals surface area contributed by atoms with Gasteiger partial charge in [-0.15, -0.1) is 10.2 Å². The lowest BCUT2D eigenvalue weighted by Crippen LogP contribution is -1.89. The summed E-state index contributed by atoms with van der Waals surface area (Å²) in [6, 6.07) is 7.61. The minimum atomic E-state index is 0.546. The third-order valence-corrected chi connectivity index (χ3v) is 2.55. The molecule has 0 saturated carbocycles. The van der Waals surface area contributed by atoms with Gasteiger partial charge in [0.2, 0.25) is 5.89 Å². The Balaban J connectivity index is 2.23. The molecule has 0 aliphatic carbocycles. The highest BCUT2D eigenvalue weighted by atomic mass is 127. The van der Waals surface area contributed by atoms with Gasteiger partial charge in [-0.25, -0.2) is 0 Å². The van der Waals surface area contributed by atoms with Gasteiger partial charge in [0.05, 0.1) is 6.42 Å². The first-order valence-corrected chi connectivity index (χ1v) is 5.42. The molecule has 0 amide bonds. The number of aromatic nitrogens is 2. The molecule has 1 aromatic heterocycles. The van der Waals surface area contributed by atoms with Crippen LogP contribution in [-0.4, -0.2) is 10.2 Å². The highest BCUT2D eigenvalue weighted by Gasteiger charge is 2.06. The van der Waals surface area contributed by atoms with Crippen molar-refractivity contribution in [1.82, 2.24) is 10.2 Å². The molecule has 0 aliphatic rings. The maximum Gasteiger partial charge on any atom is 0.278 e. The van der Waals surface area contributed by atoms with Crippen LogP contribution < -0.4 is 0 Å². The Labute approximate surface area is 99.6 Å². The highest BCUT2D eigenvalue weighted by molar-refractivity contribution is 14.1. The number of nitrogens with zero attached hydrogens (tertiary/aromatic N) is 2. The number of rotatable bonds is 2. The van der Waals surface area contributed by atoms with Crippen LogP contribution in [0.25, 0.3) is 0 Å². The molecular weight excluding hydrogens is 314 g/mol. The van der Waals surface area contributed by atoms with Gasteiger partial charge < -0.3 is 4.42 Å². The van der Waals surface area contributed by atoms with Crippen molar-refractivity contribution < 1.29 is 4.42 Å². The molecule has 0 aliphatic heterocycles. The molecule has 0 saturated heterocycles. The second kappa shape index (κ2) is 4.27. The van der Waals surface area contributed by atoms with E-state index in [1.165, 1.54) is 0 Å². The van der Waals surface area contributed by atoms with E-state index in [1.54, 1.807) is 0 Å². The number of benzene rings is 1. The second-order valence-electron chi connectivity index (χ2n) is 2.72. The van der Waals surface area contributed by atoms with Gasteiger partial charge in [0.15, 0.2) is 0 Å². The van der Waals surface area contributed by atoms with Gasteiger partial charge in [0.1, 0.15) is 0 Å². The van der Waals surface area contributed by atoms with Gasteiger partial charge in [-0.05, 0) is 11.6 Å². The molecule has 0 fully saturated rings. The monoisotopic (exact) mass is 320 g/mol. The van der Waals surface area contributed by atoms with E-state index in [1.807, 2.05) is 46.9 Å². The van der Waals surface area contributed by atoms with E-state index in [9.17, 15) is 0 Å². The van der Waals surface area contributed by atoms with E-state index in [2.05, 4.69) is 10.2 Å². The van der Waals surface area contributed by atoms with Crippen LogP contribution in [0.4, 0.5) is 0 Å². The minimum absolute atomic E-state index is 0.546. The molecule has 3 nitrogen and oxygen atoms in total. The molecular formula is C9H6ClIN2O. The molecule has 0 bridgehead atoms. The Morgan fingerprint density at radius 3 is 2.71 bits per heavy atom. The summed E-state index contributed by atoms with van der Waals surface area (Å²) in [5.74, 6) is 0.586. The zero-order valence-corrected chi connectivity index (χ0v) is 9.99. The Morgan fingerprint density at radius 2 is 2.07 bits per heavy atom. The summed E-state index contributed by atoms with van der Waals surface area (Å²) >= 11 is 7.97. The molecule has 2 rings (SSSR count). The van der Waals surface area contributed by atoms with Crippen molar-refractivity contribution >= 4 is 34.2 Å². The summed E-state index contributed by atoms with van der Waals surface area (Å²) in [5.41, 5.74) is 0.995. The third-order valence-electron chi connectivity index (χ3n) is 1.74. The zero-order chi connectivity index (χ0) is 9.97. The average Bonchev–Trinajstić information content (AvgIpc) is 2.56. The van der Waals surface area contributed by atoms with Crippen LogP contribution >= 0.6 is 34.2 Å². The van der Waals surface area contributed by atoms with Crippen molar-refractivity contribution in [1.29, 1.82) is 0 Å². The SMILES string of the molecule is Clc1ccccc1Cc1nnc(I)o1. The van der Waals surface area contributed by atoms with Crippen molar-refractivity contribution in [2.75, 3.05) is 0 Å². The second-order valence-corrected chi connectivity index (χ2v) is 4.05. The normalized spacial score (nSPS) is 10.4. The largest absolute Gasteiger partial charge is 0.416 e. The van der Waals surface area contributed by atoms with Crippen molar-refractivity contribution in [3.63, 3.8) is 0 Å². The Morgan fingerprint density at radius 1 is 1.29 bits per heavy atom. The van der Waals surface area contributed by atoms with Crippen molar-refractivity contribution in [3.05, 3.63) is 44.6 Å². The molecule has 0 spiro atoms. The van der Waals surface area contributed by atoms with Gasteiger partial charge in [0.25, 0.3) is 3.90 Å².